The van der Waals surface area contributed by atoms with E-state index in [1.165, 1.54) is 12.1 Å². The third-order valence-corrected chi connectivity index (χ3v) is 3.35. The Morgan fingerprint density at radius 2 is 1.86 bits per heavy atom. The van der Waals surface area contributed by atoms with Crippen LogP contribution in [0.5, 0.6) is 5.75 Å². The van der Waals surface area contributed by atoms with Crippen LogP contribution in [0.25, 0.3) is 0 Å². The number of nitrogens with one attached hydrogen (secondary N) is 2. The molecule has 0 spiro atoms. The smallest absolute Gasteiger partial charge is 0.335 e. The monoisotopic (exact) mass is 293 g/mol. The van der Waals surface area contributed by atoms with Gasteiger partial charge in [0.25, 0.3) is 5.91 Å². The number of phenolic OH excluding ortho intramolecular Hbond substituents is 1. The summed E-state index contributed by atoms with van der Waals surface area (Å²) in [4.78, 5) is 25.1. The van der Waals surface area contributed by atoms with Crippen LogP contribution in [0.15, 0.2) is 18.2 Å². The molecular formula is C14H19N3O4. The molecule has 1 aliphatic heterocycles. The highest BCUT2D eigenvalue weighted by molar-refractivity contribution is 5.98. The van der Waals surface area contributed by atoms with Crippen molar-refractivity contribution in [3.63, 3.8) is 0 Å². The highest BCUT2D eigenvalue weighted by atomic mass is 16.4. The molecule has 21 heavy (non-hydrogen) atoms. The Balaban J connectivity index is 1.89. The first kappa shape index (κ1) is 15.3. The van der Waals surface area contributed by atoms with Crippen molar-refractivity contribution in [1.29, 1.82) is 0 Å². The molecule has 1 fully saturated rings. The summed E-state index contributed by atoms with van der Waals surface area (Å²) in [5.41, 5.74) is 0.0370. The van der Waals surface area contributed by atoms with Gasteiger partial charge in [-0.1, -0.05) is 0 Å². The van der Waals surface area contributed by atoms with Crippen LogP contribution in [0, 0.1) is 0 Å². The molecule has 7 heteroatoms. The van der Waals surface area contributed by atoms with Crippen LogP contribution in [0.4, 0.5) is 0 Å². The zero-order chi connectivity index (χ0) is 15.2. The molecule has 1 heterocycles. The van der Waals surface area contributed by atoms with Gasteiger partial charge in [0.15, 0.2) is 0 Å². The number of rotatable bonds is 5. The molecule has 0 saturated carbocycles. The Hall–Kier alpha value is -2.12. The summed E-state index contributed by atoms with van der Waals surface area (Å²) in [6.45, 7) is 5.02. The molecule has 0 aromatic heterocycles. The van der Waals surface area contributed by atoms with E-state index in [1.807, 2.05) is 0 Å². The average Bonchev–Trinajstić information content (AvgIpc) is 2.47. The molecule has 2 rings (SSSR count). The number of piperazine rings is 1. The van der Waals surface area contributed by atoms with Crippen LogP contribution in [0.2, 0.25) is 0 Å². The van der Waals surface area contributed by atoms with E-state index in [0.717, 1.165) is 38.8 Å². The van der Waals surface area contributed by atoms with Crippen molar-refractivity contribution < 1.29 is 19.8 Å². The number of hydrogen-bond donors (Lipinski definition) is 4. The molecule has 1 saturated heterocycles. The highest BCUT2D eigenvalue weighted by Crippen LogP contribution is 2.15. The summed E-state index contributed by atoms with van der Waals surface area (Å²) in [6.07, 6.45) is 0. The summed E-state index contributed by atoms with van der Waals surface area (Å²) in [6, 6.07) is 3.62. The first-order valence-electron chi connectivity index (χ1n) is 6.85. The number of carbonyl (C=O) groups excluding carboxylic acids is 1. The minimum absolute atomic E-state index is 0.109. The Labute approximate surface area is 122 Å². The van der Waals surface area contributed by atoms with Gasteiger partial charge in [0.2, 0.25) is 0 Å². The van der Waals surface area contributed by atoms with Gasteiger partial charge in [0.1, 0.15) is 5.75 Å². The lowest BCUT2D eigenvalue weighted by molar-refractivity contribution is 0.0696. The molecule has 0 bridgehead atoms. The van der Waals surface area contributed by atoms with Crippen LogP contribution in [0.3, 0.4) is 0 Å². The number of nitrogens with zero attached hydrogens (tertiary/aromatic N) is 1. The second kappa shape index (κ2) is 7.05. The summed E-state index contributed by atoms with van der Waals surface area (Å²) in [5.74, 6) is -1.80. The lowest BCUT2D eigenvalue weighted by Gasteiger charge is -2.27. The maximum absolute atomic E-state index is 12.0. The van der Waals surface area contributed by atoms with Crippen molar-refractivity contribution in [2.24, 2.45) is 0 Å². The lowest BCUT2D eigenvalue weighted by Crippen LogP contribution is -2.46. The number of benzene rings is 1. The number of carbonyl (C=O) groups is 2. The number of carboxylic acid groups (broad SMARTS) is 1. The van der Waals surface area contributed by atoms with Crippen LogP contribution in [-0.2, 0) is 0 Å². The van der Waals surface area contributed by atoms with Gasteiger partial charge >= 0.3 is 5.97 Å². The molecule has 0 atom stereocenters. The lowest BCUT2D eigenvalue weighted by atomic mass is 10.1. The van der Waals surface area contributed by atoms with Crippen molar-refractivity contribution in [1.82, 2.24) is 15.5 Å². The predicted molar refractivity (Wildman–Crippen MR) is 76.7 cm³/mol. The quantitative estimate of drug-likeness (QED) is 0.596. The number of hydrogen-bond acceptors (Lipinski definition) is 5. The van der Waals surface area contributed by atoms with E-state index >= 15 is 0 Å². The van der Waals surface area contributed by atoms with Gasteiger partial charge in [-0.05, 0) is 18.2 Å². The van der Waals surface area contributed by atoms with E-state index < -0.39 is 5.97 Å². The summed E-state index contributed by atoms with van der Waals surface area (Å²) >= 11 is 0. The standard InChI is InChI=1S/C14H19N3O4/c18-12-8-10(7-11(9-12)14(20)21)13(19)16-3-6-17-4-1-15-2-5-17/h7-9,15,18H,1-6H2,(H,16,19)(H,20,21). The molecule has 1 aromatic carbocycles. The summed E-state index contributed by atoms with van der Waals surface area (Å²) in [7, 11) is 0. The minimum Gasteiger partial charge on any atom is -0.508 e. The maximum atomic E-state index is 12.0. The molecule has 0 unspecified atom stereocenters. The third kappa shape index (κ3) is 4.44. The second-order valence-corrected chi connectivity index (χ2v) is 4.92. The zero-order valence-corrected chi connectivity index (χ0v) is 11.6. The van der Waals surface area contributed by atoms with Gasteiger partial charge in [-0.2, -0.15) is 0 Å². The first-order chi connectivity index (χ1) is 10.1. The molecule has 1 aliphatic rings. The molecule has 1 aromatic rings. The number of carboxylic acids is 1. The van der Waals surface area contributed by atoms with E-state index in [-0.39, 0.29) is 22.8 Å². The van der Waals surface area contributed by atoms with Crippen molar-refractivity contribution in [2.45, 2.75) is 0 Å². The molecular weight excluding hydrogens is 274 g/mol. The Bertz CT molecular complexity index is 527. The Morgan fingerprint density at radius 3 is 2.52 bits per heavy atom. The number of phenols is 1. The van der Waals surface area contributed by atoms with E-state index in [2.05, 4.69) is 15.5 Å². The fourth-order valence-corrected chi connectivity index (χ4v) is 2.23. The fraction of sp³-hybridized carbons (Fsp3) is 0.429. The van der Waals surface area contributed by atoms with Crippen molar-refractivity contribution in [2.75, 3.05) is 39.3 Å². The maximum Gasteiger partial charge on any atom is 0.335 e. The Morgan fingerprint density at radius 1 is 1.19 bits per heavy atom. The van der Waals surface area contributed by atoms with Crippen LogP contribution < -0.4 is 10.6 Å². The van der Waals surface area contributed by atoms with Crippen LogP contribution >= 0.6 is 0 Å². The second-order valence-electron chi connectivity index (χ2n) is 4.92. The molecule has 0 radical (unpaired) electrons. The largest absolute Gasteiger partial charge is 0.508 e. The minimum atomic E-state index is -1.18. The van der Waals surface area contributed by atoms with Gasteiger partial charge in [0.05, 0.1) is 5.56 Å². The van der Waals surface area contributed by atoms with Gasteiger partial charge in [-0.3, -0.25) is 9.69 Å². The molecule has 7 nitrogen and oxygen atoms in total. The van der Waals surface area contributed by atoms with Crippen LogP contribution in [0.1, 0.15) is 20.7 Å². The molecule has 4 N–H and O–H groups in total. The van der Waals surface area contributed by atoms with Crippen molar-refractivity contribution in [3.8, 4) is 5.75 Å². The zero-order valence-electron chi connectivity index (χ0n) is 11.6. The van der Waals surface area contributed by atoms with Crippen LogP contribution in [-0.4, -0.2) is 66.3 Å². The topological polar surface area (TPSA) is 102 Å². The SMILES string of the molecule is O=C(O)c1cc(O)cc(C(=O)NCCN2CCNCC2)c1. The summed E-state index contributed by atoms with van der Waals surface area (Å²) in [5, 5.41) is 24.4. The van der Waals surface area contributed by atoms with Gasteiger partial charge in [0, 0.05) is 44.8 Å². The van der Waals surface area contributed by atoms with E-state index in [0.29, 0.717) is 6.54 Å². The highest BCUT2D eigenvalue weighted by Gasteiger charge is 2.13. The number of aromatic hydroxyl groups is 1. The molecule has 0 aliphatic carbocycles. The average molecular weight is 293 g/mol. The molecule has 114 valence electrons. The third-order valence-electron chi connectivity index (χ3n) is 3.35. The van der Waals surface area contributed by atoms with E-state index in [1.54, 1.807) is 0 Å². The molecule has 1 amide bonds. The fourth-order valence-electron chi connectivity index (χ4n) is 2.23. The van der Waals surface area contributed by atoms with Crippen molar-refractivity contribution in [3.05, 3.63) is 29.3 Å². The normalized spacial score (nSPS) is 15.6. The van der Waals surface area contributed by atoms with Gasteiger partial charge in [-0.25, -0.2) is 4.79 Å². The number of aromatic carboxylic acids is 1. The van der Waals surface area contributed by atoms with E-state index in [4.69, 9.17) is 5.11 Å². The predicted octanol–water partition coefficient (Wildman–Crippen LogP) is -0.275. The van der Waals surface area contributed by atoms with E-state index in [9.17, 15) is 14.7 Å². The summed E-state index contributed by atoms with van der Waals surface area (Å²) < 4.78 is 0. The first-order valence-corrected chi connectivity index (χ1v) is 6.85. The van der Waals surface area contributed by atoms with Gasteiger partial charge in [-0.15, -0.1) is 0 Å². The van der Waals surface area contributed by atoms with Gasteiger partial charge < -0.3 is 20.8 Å². The Kier molecular flexibility index (Phi) is 5.13. The van der Waals surface area contributed by atoms with Crippen molar-refractivity contribution >= 4 is 11.9 Å². The number of amides is 1.